The second-order valence-electron chi connectivity index (χ2n) is 9.06. The molecular formula is C25H33NO2. The SMILES string of the molecule is C[C@@H]1CC[C@H](C(=O)OC(C)(C)C)[C@H]1N(Cc1ccccc1)Cc1ccccc1. The van der Waals surface area contributed by atoms with E-state index in [1.54, 1.807) is 0 Å². The fourth-order valence-corrected chi connectivity index (χ4v) is 4.33. The molecule has 0 aromatic heterocycles. The molecule has 0 unspecified atom stereocenters. The third-order valence-electron chi connectivity index (χ3n) is 5.52. The Kier molecular flexibility index (Phi) is 6.56. The highest BCUT2D eigenvalue weighted by Crippen LogP contribution is 2.38. The summed E-state index contributed by atoms with van der Waals surface area (Å²) >= 11 is 0. The smallest absolute Gasteiger partial charge is 0.311 e. The van der Waals surface area contributed by atoms with Crippen molar-refractivity contribution in [2.75, 3.05) is 0 Å². The zero-order chi connectivity index (χ0) is 20.1. The average molecular weight is 380 g/mol. The van der Waals surface area contributed by atoms with Crippen LogP contribution in [0.1, 0.15) is 51.7 Å². The van der Waals surface area contributed by atoms with Gasteiger partial charge in [0.25, 0.3) is 0 Å². The molecule has 1 saturated carbocycles. The molecule has 0 radical (unpaired) electrons. The lowest BCUT2D eigenvalue weighted by atomic mass is 9.95. The standard InChI is InChI=1S/C25H33NO2/c1-19-15-16-22(24(27)28-25(2,3)4)23(19)26(17-20-11-7-5-8-12-20)18-21-13-9-6-10-14-21/h5-14,19,22-23H,15-18H2,1-4H3/t19-,22+,23+/m1/s1. The van der Waals surface area contributed by atoms with Gasteiger partial charge >= 0.3 is 5.97 Å². The summed E-state index contributed by atoms with van der Waals surface area (Å²) in [4.78, 5) is 15.5. The molecule has 1 aliphatic carbocycles. The van der Waals surface area contributed by atoms with Gasteiger partial charge in [0.05, 0.1) is 5.92 Å². The molecule has 0 spiro atoms. The Hall–Kier alpha value is -2.13. The van der Waals surface area contributed by atoms with Crippen LogP contribution in [0.15, 0.2) is 60.7 Å². The number of hydrogen-bond donors (Lipinski definition) is 0. The minimum Gasteiger partial charge on any atom is -0.460 e. The maximum absolute atomic E-state index is 13.0. The quantitative estimate of drug-likeness (QED) is 0.626. The second kappa shape index (κ2) is 8.91. The van der Waals surface area contributed by atoms with Crippen molar-refractivity contribution in [3.05, 3.63) is 71.8 Å². The first-order chi connectivity index (χ1) is 13.3. The Morgan fingerprint density at radius 1 is 0.929 bits per heavy atom. The first kappa shape index (κ1) is 20.6. The van der Waals surface area contributed by atoms with Gasteiger partial charge in [-0.15, -0.1) is 0 Å². The summed E-state index contributed by atoms with van der Waals surface area (Å²) in [5.41, 5.74) is 2.11. The van der Waals surface area contributed by atoms with Gasteiger partial charge in [0.15, 0.2) is 0 Å². The van der Waals surface area contributed by atoms with E-state index in [-0.39, 0.29) is 17.9 Å². The summed E-state index contributed by atoms with van der Waals surface area (Å²) < 4.78 is 5.79. The Morgan fingerprint density at radius 3 is 1.89 bits per heavy atom. The molecule has 0 saturated heterocycles. The van der Waals surface area contributed by atoms with Crippen LogP contribution in [-0.2, 0) is 22.6 Å². The molecular weight excluding hydrogens is 346 g/mol. The molecule has 0 aliphatic heterocycles. The van der Waals surface area contributed by atoms with Gasteiger partial charge < -0.3 is 4.74 Å². The van der Waals surface area contributed by atoms with Crippen LogP contribution >= 0.6 is 0 Å². The number of carbonyl (C=O) groups excluding carboxylic acids is 1. The molecule has 1 aliphatic rings. The fraction of sp³-hybridized carbons (Fsp3) is 0.480. The number of nitrogens with zero attached hydrogens (tertiary/aromatic N) is 1. The third kappa shape index (κ3) is 5.45. The number of rotatable bonds is 6. The van der Waals surface area contributed by atoms with Crippen molar-refractivity contribution < 1.29 is 9.53 Å². The molecule has 150 valence electrons. The number of ether oxygens (including phenoxy) is 1. The van der Waals surface area contributed by atoms with Gasteiger partial charge in [0, 0.05) is 19.1 Å². The second-order valence-corrected chi connectivity index (χ2v) is 9.06. The zero-order valence-electron chi connectivity index (χ0n) is 17.6. The van der Waals surface area contributed by atoms with Crippen molar-refractivity contribution in [3.8, 4) is 0 Å². The molecule has 3 heteroatoms. The van der Waals surface area contributed by atoms with Crippen molar-refractivity contribution >= 4 is 5.97 Å². The molecule has 2 aromatic carbocycles. The van der Waals surface area contributed by atoms with E-state index in [1.807, 2.05) is 32.9 Å². The van der Waals surface area contributed by atoms with Crippen molar-refractivity contribution in [2.45, 2.75) is 65.3 Å². The monoisotopic (exact) mass is 379 g/mol. The first-order valence-electron chi connectivity index (χ1n) is 10.4. The van der Waals surface area contributed by atoms with E-state index in [1.165, 1.54) is 11.1 Å². The minimum atomic E-state index is -0.447. The highest BCUT2D eigenvalue weighted by molar-refractivity contribution is 5.74. The lowest BCUT2D eigenvalue weighted by molar-refractivity contribution is -0.162. The van der Waals surface area contributed by atoms with E-state index in [0.717, 1.165) is 25.9 Å². The summed E-state index contributed by atoms with van der Waals surface area (Å²) in [6.07, 6.45) is 1.97. The lowest BCUT2D eigenvalue weighted by Crippen LogP contribution is -2.44. The number of hydrogen-bond acceptors (Lipinski definition) is 3. The van der Waals surface area contributed by atoms with Gasteiger partial charge in [0.2, 0.25) is 0 Å². The van der Waals surface area contributed by atoms with Crippen molar-refractivity contribution in [1.29, 1.82) is 0 Å². The maximum Gasteiger partial charge on any atom is 0.311 e. The summed E-state index contributed by atoms with van der Waals surface area (Å²) in [6.45, 7) is 9.80. The molecule has 3 nitrogen and oxygen atoms in total. The van der Waals surface area contributed by atoms with Gasteiger partial charge in [-0.2, -0.15) is 0 Å². The molecule has 28 heavy (non-hydrogen) atoms. The summed E-state index contributed by atoms with van der Waals surface area (Å²) in [7, 11) is 0. The van der Waals surface area contributed by atoms with Crippen molar-refractivity contribution in [1.82, 2.24) is 4.90 Å². The first-order valence-corrected chi connectivity index (χ1v) is 10.4. The van der Waals surface area contributed by atoms with Crippen molar-refractivity contribution in [2.24, 2.45) is 11.8 Å². The van der Waals surface area contributed by atoms with Crippen LogP contribution in [0.3, 0.4) is 0 Å². The highest BCUT2D eigenvalue weighted by atomic mass is 16.6. The Balaban J connectivity index is 1.86. The summed E-state index contributed by atoms with van der Waals surface area (Å²) in [5.74, 6) is 0.347. The predicted octanol–water partition coefficient (Wildman–Crippen LogP) is 5.45. The van der Waals surface area contributed by atoms with E-state index < -0.39 is 5.60 Å². The number of carbonyl (C=O) groups is 1. The molecule has 0 heterocycles. The van der Waals surface area contributed by atoms with E-state index in [2.05, 4.69) is 60.4 Å². The molecule has 0 amide bonds. The fourth-order valence-electron chi connectivity index (χ4n) is 4.33. The van der Waals surface area contributed by atoms with Crippen molar-refractivity contribution in [3.63, 3.8) is 0 Å². The van der Waals surface area contributed by atoms with E-state index in [4.69, 9.17) is 4.74 Å². The van der Waals surface area contributed by atoms with Gasteiger partial charge in [-0.3, -0.25) is 9.69 Å². The van der Waals surface area contributed by atoms with E-state index >= 15 is 0 Å². The Labute approximate surface area is 169 Å². The van der Waals surface area contributed by atoms with Gasteiger partial charge in [0.1, 0.15) is 5.60 Å². The summed E-state index contributed by atoms with van der Waals surface area (Å²) in [5, 5.41) is 0. The predicted molar refractivity (Wildman–Crippen MR) is 114 cm³/mol. The van der Waals surface area contributed by atoms with Gasteiger partial charge in [-0.25, -0.2) is 0 Å². The van der Waals surface area contributed by atoms with Crippen LogP contribution in [0.2, 0.25) is 0 Å². The molecule has 3 rings (SSSR count). The van der Waals surface area contributed by atoms with Crippen LogP contribution in [0.4, 0.5) is 0 Å². The average Bonchev–Trinajstić information content (AvgIpc) is 3.03. The van der Waals surface area contributed by atoms with Gasteiger partial charge in [-0.05, 0) is 50.7 Å². The van der Waals surface area contributed by atoms with Crippen LogP contribution < -0.4 is 0 Å². The molecule has 0 bridgehead atoms. The number of esters is 1. The third-order valence-corrected chi connectivity index (χ3v) is 5.52. The largest absolute Gasteiger partial charge is 0.460 e. The van der Waals surface area contributed by atoms with Crippen LogP contribution in [0, 0.1) is 11.8 Å². The van der Waals surface area contributed by atoms with Crippen LogP contribution in [0.25, 0.3) is 0 Å². The molecule has 0 N–H and O–H groups in total. The molecule has 2 aromatic rings. The number of benzene rings is 2. The normalized spacial score (nSPS) is 22.4. The minimum absolute atomic E-state index is 0.0482. The lowest BCUT2D eigenvalue weighted by Gasteiger charge is -2.36. The molecule has 3 atom stereocenters. The summed E-state index contributed by atoms with van der Waals surface area (Å²) in [6, 6.07) is 21.3. The molecule has 1 fully saturated rings. The topological polar surface area (TPSA) is 29.5 Å². The Morgan fingerprint density at radius 2 is 1.43 bits per heavy atom. The van der Waals surface area contributed by atoms with Gasteiger partial charge in [-0.1, -0.05) is 67.6 Å². The Bertz CT molecular complexity index is 710. The van der Waals surface area contributed by atoms with E-state index in [0.29, 0.717) is 5.92 Å². The highest BCUT2D eigenvalue weighted by Gasteiger charge is 2.43. The zero-order valence-corrected chi connectivity index (χ0v) is 17.6. The van der Waals surface area contributed by atoms with Crippen LogP contribution in [0.5, 0.6) is 0 Å². The van der Waals surface area contributed by atoms with Crippen LogP contribution in [-0.4, -0.2) is 22.5 Å². The van der Waals surface area contributed by atoms with E-state index in [9.17, 15) is 4.79 Å². The maximum atomic E-state index is 13.0.